The van der Waals surface area contributed by atoms with Gasteiger partial charge in [0.2, 0.25) is 5.91 Å². The minimum Gasteiger partial charge on any atom is -0.373 e. The first-order valence-corrected chi connectivity index (χ1v) is 11.4. The van der Waals surface area contributed by atoms with Crippen LogP contribution >= 0.6 is 0 Å². The van der Waals surface area contributed by atoms with Gasteiger partial charge in [0.15, 0.2) is 0 Å². The maximum absolute atomic E-state index is 11.8. The summed E-state index contributed by atoms with van der Waals surface area (Å²) in [4.78, 5) is 16.8. The Morgan fingerprint density at radius 1 is 1.16 bits per heavy atom. The molecule has 2 aromatic carbocycles. The molecule has 1 saturated carbocycles. The normalized spacial score (nSPS) is 26.6. The Balaban J connectivity index is 1.52. The number of anilines is 1. The maximum Gasteiger partial charge on any atom is 0.248 e. The van der Waals surface area contributed by atoms with Crippen molar-refractivity contribution in [3.8, 4) is 0 Å². The standard InChI is InChI=1S/C26H35N3O2/c1-19-9-7-12-22(26(19,31-3)21-11-8-10-20(15-21)25(27)30)16-28(2)24-17-29(18-24)23-13-5-4-6-14-23/h4-6,8,10-11,13-15,19,22,24H,7,9,12,16-18H2,1-3H3,(H2,27,30). The first kappa shape index (κ1) is 21.8. The van der Waals surface area contributed by atoms with Crippen LogP contribution in [0.3, 0.4) is 0 Å². The molecule has 2 fully saturated rings. The number of ether oxygens (including phenoxy) is 1. The number of para-hydroxylation sites is 1. The van der Waals surface area contributed by atoms with E-state index in [1.807, 2.05) is 19.2 Å². The van der Waals surface area contributed by atoms with Crippen molar-refractivity contribution in [3.05, 3.63) is 65.7 Å². The summed E-state index contributed by atoms with van der Waals surface area (Å²) in [5.41, 5.74) is 8.11. The van der Waals surface area contributed by atoms with Gasteiger partial charge in [-0.2, -0.15) is 0 Å². The molecule has 1 aliphatic heterocycles. The Labute approximate surface area is 186 Å². The zero-order valence-corrected chi connectivity index (χ0v) is 19.0. The van der Waals surface area contributed by atoms with Crippen molar-refractivity contribution in [3.63, 3.8) is 0 Å². The van der Waals surface area contributed by atoms with Crippen LogP contribution in [0.5, 0.6) is 0 Å². The fourth-order valence-electron chi connectivity index (χ4n) is 5.73. The molecule has 1 heterocycles. The molecule has 166 valence electrons. The van der Waals surface area contributed by atoms with Crippen LogP contribution in [0.2, 0.25) is 0 Å². The van der Waals surface area contributed by atoms with Crippen LogP contribution in [0.25, 0.3) is 0 Å². The summed E-state index contributed by atoms with van der Waals surface area (Å²) in [5.74, 6) is 0.343. The van der Waals surface area contributed by atoms with Gasteiger partial charge in [0.25, 0.3) is 0 Å². The van der Waals surface area contributed by atoms with Gasteiger partial charge in [-0.15, -0.1) is 0 Å². The number of likely N-dealkylation sites (N-methyl/N-ethyl adjacent to an activating group) is 1. The highest BCUT2D eigenvalue weighted by Gasteiger charge is 2.48. The second kappa shape index (κ2) is 9.01. The number of primary amides is 1. The number of carbonyl (C=O) groups excluding carboxylic acids is 1. The van der Waals surface area contributed by atoms with E-state index in [4.69, 9.17) is 10.5 Å². The predicted octanol–water partition coefficient (Wildman–Crippen LogP) is 3.88. The van der Waals surface area contributed by atoms with Crippen molar-refractivity contribution in [1.29, 1.82) is 0 Å². The highest BCUT2D eigenvalue weighted by atomic mass is 16.5. The molecule has 1 saturated heterocycles. The minimum atomic E-state index is -0.402. The zero-order valence-electron chi connectivity index (χ0n) is 19.0. The Bertz CT molecular complexity index is 897. The molecule has 31 heavy (non-hydrogen) atoms. The van der Waals surface area contributed by atoms with Gasteiger partial charge in [0, 0.05) is 50.0 Å². The van der Waals surface area contributed by atoms with E-state index in [9.17, 15) is 4.79 Å². The van der Waals surface area contributed by atoms with Crippen LogP contribution in [0, 0.1) is 11.8 Å². The van der Waals surface area contributed by atoms with E-state index in [0.29, 0.717) is 23.4 Å². The summed E-state index contributed by atoms with van der Waals surface area (Å²) in [6.07, 6.45) is 3.46. The zero-order chi connectivity index (χ0) is 22.0. The third kappa shape index (κ3) is 4.09. The third-order valence-corrected chi connectivity index (χ3v) is 7.58. The van der Waals surface area contributed by atoms with E-state index < -0.39 is 5.60 Å². The molecule has 0 bridgehead atoms. The molecule has 0 spiro atoms. The lowest BCUT2D eigenvalue weighted by atomic mass is 9.65. The summed E-state index contributed by atoms with van der Waals surface area (Å²) >= 11 is 0. The predicted molar refractivity (Wildman–Crippen MR) is 125 cm³/mol. The Morgan fingerprint density at radius 3 is 2.58 bits per heavy atom. The fourth-order valence-corrected chi connectivity index (χ4v) is 5.73. The molecular weight excluding hydrogens is 386 g/mol. The Kier molecular flexibility index (Phi) is 6.35. The Hall–Kier alpha value is -2.37. The van der Waals surface area contributed by atoms with E-state index in [2.05, 4.69) is 60.2 Å². The average molecular weight is 422 g/mol. The van der Waals surface area contributed by atoms with Gasteiger partial charge < -0.3 is 15.4 Å². The molecule has 2 aromatic rings. The van der Waals surface area contributed by atoms with Crippen molar-refractivity contribution in [2.45, 2.75) is 37.8 Å². The smallest absolute Gasteiger partial charge is 0.248 e. The number of carbonyl (C=O) groups is 1. The number of hydrogen-bond donors (Lipinski definition) is 1. The first-order chi connectivity index (χ1) is 15.0. The number of hydrogen-bond acceptors (Lipinski definition) is 4. The fraction of sp³-hybridized carbons (Fsp3) is 0.500. The van der Waals surface area contributed by atoms with E-state index >= 15 is 0 Å². The largest absolute Gasteiger partial charge is 0.373 e. The average Bonchev–Trinajstić information content (AvgIpc) is 2.74. The van der Waals surface area contributed by atoms with Crippen LogP contribution in [0.1, 0.15) is 42.1 Å². The highest BCUT2D eigenvalue weighted by Crippen LogP contribution is 2.48. The number of methoxy groups -OCH3 is 1. The van der Waals surface area contributed by atoms with Gasteiger partial charge in [-0.05, 0) is 55.6 Å². The second-order valence-corrected chi connectivity index (χ2v) is 9.31. The van der Waals surface area contributed by atoms with Crippen LogP contribution in [-0.2, 0) is 10.3 Å². The lowest BCUT2D eigenvalue weighted by molar-refractivity contribution is -0.133. The SMILES string of the molecule is COC1(c2cccc(C(N)=O)c2)C(C)CCCC1CN(C)C1CN(c2ccccc2)C1. The Morgan fingerprint density at radius 2 is 1.90 bits per heavy atom. The molecule has 3 unspecified atom stereocenters. The first-order valence-electron chi connectivity index (χ1n) is 11.4. The third-order valence-electron chi connectivity index (χ3n) is 7.58. The van der Waals surface area contributed by atoms with E-state index in [1.165, 1.54) is 12.1 Å². The van der Waals surface area contributed by atoms with Crippen LogP contribution < -0.4 is 10.6 Å². The molecule has 4 rings (SSSR count). The van der Waals surface area contributed by atoms with Gasteiger partial charge >= 0.3 is 0 Å². The summed E-state index contributed by atoms with van der Waals surface area (Å²) in [6.45, 7) is 5.37. The lowest BCUT2D eigenvalue weighted by Gasteiger charge is -2.52. The van der Waals surface area contributed by atoms with Gasteiger partial charge in [-0.3, -0.25) is 9.69 Å². The van der Waals surface area contributed by atoms with Crippen LogP contribution in [-0.4, -0.2) is 50.6 Å². The molecule has 0 radical (unpaired) electrons. The molecule has 2 aliphatic rings. The molecule has 5 heteroatoms. The molecular formula is C26H35N3O2. The van der Waals surface area contributed by atoms with Crippen LogP contribution in [0.15, 0.2) is 54.6 Å². The van der Waals surface area contributed by atoms with Gasteiger partial charge in [-0.25, -0.2) is 0 Å². The van der Waals surface area contributed by atoms with E-state index in [0.717, 1.165) is 38.0 Å². The molecule has 5 nitrogen and oxygen atoms in total. The van der Waals surface area contributed by atoms with Gasteiger partial charge in [-0.1, -0.05) is 43.7 Å². The summed E-state index contributed by atoms with van der Waals surface area (Å²) < 4.78 is 6.36. The number of nitrogens with two attached hydrogens (primary N) is 1. The minimum absolute atomic E-state index is 0.361. The monoisotopic (exact) mass is 421 g/mol. The number of nitrogens with zero attached hydrogens (tertiary/aromatic N) is 2. The number of benzene rings is 2. The highest BCUT2D eigenvalue weighted by molar-refractivity contribution is 5.92. The molecule has 1 aliphatic carbocycles. The number of rotatable bonds is 7. The maximum atomic E-state index is 11.8. The summed E-state index contributed by atoms with van der Waals surface area (Å²) in [6, 6.07) is 18.9. The molecule has 3 atom stereocenters. The summed E-state index contributed by atoms with van der Waals surface area (Å²) in [7, 11) is 4.07. The summed E-state index contributed by atoms with van der Waals surface area (Å²) in [5, 5.41) is 0. The van der Waals surface area contributed by atoms with Crippen molar-refractivity contribution in [2.24, 2.45) is 17.6 Å². The topological polar surface area (TPSA) is 58.8 Å². The van der Waals surface area contributed by atoms with Crippen molar-refractivity contribution < 1.29 is 9.53 Å². The lowest BCUT2D eigenvalue weighted by Crippen LogP contribution is -2.60. The molecule has 1 amide bonds. The van der Waals surface area contributed by atoms with E-state index in [1.54, 1.807) is 6.07 Å². The molecule has 0 aromatic heterocycles. The van der Waals surface area contributed by atoms with Crippen molar-refractivity contribution in [2.75, 3.05) is 38.7 Å². The van der Waals surface area contributed by atoms with Crippen molar-refractivity contribution >= 4 is 11.6 Å². The number of amides is 1. The van der Waals surface area contributed by atoms with E-state index in [-0.39, 0.29) is 5.91 Å². The quantitative estimate of drug-likeness (QED) is 0.737. The van der Waals surface area contributed by atoms with Crippen molar-refractivity contribution in [1.82, 2.24) is 4.90 Å². The molecule has 2 N–H and O–H groups in total. The van der Waals surface area contributed by atoms with Gasteiger partial charge in [0.1, 0.15) is 0 Å². The van der Waals surface area contributed by atoms with Crippen LogP contribution in [0.4, 0.5) is 5.69 Å². The van der Waals surface area contributed by atoms with Gasteiger partial charge in [0.05, 0.1) is 5.60 Å². The second-order valence-electron chi connectivity index (χ2n) is 9.31.